The lowest BCUT2D eigenvalue weighted by Gasteiger charge is -2.01. The molecule has 0 aliphatic rings. The summed E-state index contributed by atoms with van der Waals surface area (Å²) >= 11 is 0. The minimum absolute atomic E-state index is 0.665. The van der Waals surface area contributed by atoms with E-state index in [1.54, 1.807) is 12.3 Å². The van der Waals surface area contributed by atoms with Gasteiger partial charge in [0, 0.05) is 18.0 Å². The third kappa shape index (κ3) is 1.59. The molecule has 0 unspecified atom stereocenters. The number of hydrogen-bond acceptors (Lipinski definition) is 2. The van der Waals surface area contributed by atoms with Crippen molar-refractivity contribution in [2.45, 2.75) is 6.42 Å². The highest BCUT2D eigenvalue weighted by molar-refractivity contribution is 5.84. The van der Waals surface area contributed by atoms with Gasteiger partial charge in [0.15, 0.2) is 0 Å². The number of allylic oxidation sites excluding steroid dienone is 1. The highest BCUT2D eigenvalue weighted by Crippen LogP contribution is 2.16. The molecule has 0 fully saturated rings. The van der Waals surface area contributed by atoms with Crippen LogP contribution in [0, 0.1) is 0 Å². The first kappa shape index (κ1) is 8.75. The number of hydrogen-bond donors (Lipinski definition) is 1. The standard InChI is InChI=1S/C12H11NO/c14-9-3-6-12-11-5-2-1-4-10(11)7-8-13-12/h1-5,7-9,14H,6H2/b9-3+. The Morgan fingerprint density at radius 3 is 2.93 bits per heavy atom. The molecule has 70 valence electrons. The quantitative estimate of drug-likeness (QED) is 0.730. The number of pyridine rings is 1. The summed E-state index contributed by atoms with van der Waals surface area (Å²) in [4.78, 5) is 4.28. The maximum Gasteiger partial charge on any atom is 0.0755 e. The van der Waals surface area contributed by atoms with Crippen molar-refractivity contribution in [3.05, 3.63) is 54.6 Å². The van der Waals surface area contributed by atoms with Gasteiger partial charge < -0.3 is 5.11 Å². The van der Waals surface area contributed by atoms with Crippen LogP contribution in [0.3, 0.4) is 0 Å². The second-order valence-corrected chi connectivity index (χ2v) is 3.07. The Morgan fingerprint density at radius 2 is 2.07 bits per heavy atom. The SMILES string of the molecule is O/C=C/Cc1nccc2ccccc12. The van der Waals surface area contributed by atoms with Crippen molar-refractivity contribution in [1.82, 2.24) is 4.98 Å². The number of aliphatic hydroxyl groups is 1. The largest absolute Gasteiger partial charge is 0.516 e. The van der Waals surface area contributed by atoms with Gasteiger partial charge in [0.1, 0.15) is 0 Å². The van der Waals surface area contributed by atoms with E-state index in [0.29, 0.717) is 6.42 Å². The molecule has 2 heteroatoms. The lowest BCUT2D eigenvalue weighted by Crippen LogP contribution is -1.88. The summed E-state index contributed by atoms with van der Waals surface area (Å²) in [5.74, 6) is 0. The van der Waals surface area contributed by atoms with E-state index in [1.165, 1.54) is 5.39 Å². The van der Waals surface area contributed by atoms with Gasteiger partial charge in [0.25, 0.3) is 0 Å². The molecule has 0 aliphatic heterocycles. The first-order chi connectivity index (χ1) is 6.92. The van der Waals surface area contributed by atoms with Gasteiger partial charge in [0.2, 0.25) is 0 Å². The Balaban J connectivity index is 2.53. The Hall–Kier alpha value is -1.83. The second-order valence-electron chi connectivity index (χ2n) is 3.07. The summed E-state index contributed by atoms with van der Waals surface area (Å²) in [7, 11) is 0. The summed E-state index contributed by atoms with van der Waals surface area (Å²) in [6, 6.07) is 10.1. The van der Waals surface area contributed by atoms with E-state index >= 15 is 0 Å². The fourth-order valence-corrected chi connectivity index (χ4v) is 1.51. The topological polar surface area (TPSA) is 33.1 Å². The van der Waals surface area contributed by atoms with E-state index in [-0.39, 0.29) is 0 Å². The van der Waals surface area contributed by atoms with Crippen LogP contribution >= 0.6 is 0 Å². The maximum atomic E-state index is 8.59. The first-order valence-corrected chi connectivity index (χ1v) is 4.53. The lowest BCUT2D eigenvalue weighted by molar-refractivity contribution is 0.471. The molecule has 0 atom stereocenters. The summed E-state index contributed by atoms with van der Waals surface area (Å²) < 4.78 is 0. The zero-order valence-corrected chi connectivity index (χ0v) is 7.72. The fraction of sp³-hybridized carbons (Fsp3) is 0.0833. The second kappa shape index (κ2) is 3.92. The zero-order chi connectivity index (χ0) is 9.80. The lowest BCUT2D eigenvalue weighted by atomic mass is 10.1. The Bertz CT molecular complexity index is 457. The van der Waals surface area contributed by atoms with Gasteiger partial charge in [-0.2, -0.15) is 0 Å². The minimum Gasteiger partial charge on any atom is -0.516 e. The van der Waals surface area contributed by atoms with Crippen LogP contribution in [0.2, 0.25) is 0 Å². The van der Waals surface area contributed by atoms with Crippen LogP contribution in [0.1, 0.15) is 5.69 Å². The van der Waals surface area contributed by atoms with Crippen molar-refractivity contribution >= 4 is 10.8 Å². The summed E-state index contributed by atoms with van der Waals surface area (Å²) in [5.41, 5.74) is 0.994. The molecule has 1 aromatic carbocycles. The molecule has 0 bridgehead atoms. The zero-order valence-electron chi connectivity index (χ0n) is 7.72. The molecule has 0 amide bonds. The minimum atomic E-state index is 0.665. The molecule has 2 aromatic rings. The molecule has 14 heavy (non-hydrogen) atoms. The van der Waals surface area contributed by atoms with Crippen LogP contribution < -0.4 is 0 Å². The Kier molecular flexibility index (Phi) is 2.45. The van der Waals surface area contributed by atoms with E-state index in [1.807, 2.05) is 24.3 Å². The van der Waals surface area contributed by atoms with Crippen LogP contribution in [0.5, 0.6) is 0 Å². The molecule has 1 aromatic heterocycles. The van der Waals surface area contributed by atoms with Crippen molar-refractivity contribution in [2.24, 2.45) is 0 Å². The van der Waals surface area contributed by atoms with Crippen LogP contribution in [-0.4, -0.2) is 10.1 Å². The molecule has 0 saturated carbocycles. The van der Waals surface area contributed by atoms with Crippen molar-refractivity contribution in [1.29, 1.82) is 0 Å². The van der Waals surface area contributed by atoms with E-state index < -0.39 is 0 Å². The molecular weight excluding hydrogens is 174 g/mol. The van der Waals surface area contributed by atoms with Crippen molar-refractivity contribution in [3.63, 3.8) is 0 Å². The number of aliphatic hydroxyl groups excluding tert-OH is 1. The monoisotopic (exact) mass is 185 g/mol. The van der Waals surface area contributed by atoms with Crippen LogP contribution in [0.4, 0.5) is 0 Å². The number of aromatic nitrogens is 1. The van der Waals surface area contributed by atoms with Crippen molar-refractivity contribution < 1.29 is 5.11 Å². The van der Waals surface area contributed by atoms with Gasteiger partial charge in [-0.25, -0.2) is 0 Å². The summed E-state index contributed by atoms with van der Waals surface area (Å²) in [6.07, 6.45) is 5.21. The maximum absolute atomic E-state index is 8.59. The number of rotatable bonds is 2. The van der Waals surface area contributed by atoms with Gasteiger partial charge in [0.05, 0.1) is 12.0 Å². The highest BCUT2D eigenvalue weighted by atomic mass is 16.2. The normalized spacial score (nSPS) is 11.1. The average molecular weight is 185 g/mol. The van der Waals surface area contributed by atoms with Gasteiger partial charge in [-0.1, -0.05) is 24.3 Å². The van der Waals surface area contributed by atoms with Crippen LogP contribution in [-0.2, 0) is 6.42 Å². The first-order valence-electron chi connectivity index (χ1n) is 4.53. The molecule has 0 radical (unpaired) electrons. The van der Waals surface area contributed by atoms with E-state index in [4.69, 9.17) is 5.11 Å². The number of benzene rings is 1. The number of fused-ring (bicyclic) bond motifs is 1. The van der Waals surface area contributed by atoms with Gasteiger partial charge >= 0.3 is 0 Å². The fourth-order valence-electron chi connectivity index (χ4n) is 1.51. The molecule has 1 heterocycles. The molecule has 0 saturated heterocycles. The molecule has 1 N–H and O–H groups in total. The molecule has 2 nitrogen and oxygen atoms in total. The van der Waals surface area contributed by atoms with E-state index in [9.17, 15) is 0 Å². The molecular formula is C12H11NO. The average Bonchev–Trinajstić information content (AvgIpc) is 2.26. The predicted octanol–water partition coefficient (Wildman–Crippen LogP) is 2.85. The van der Waals surface area contributed by atoms with Gasteiger partial charge in [-0.05, 0) is 17.5 Å². The number of nitrogens with zero attached hydrogens (tertiary/aromatic N) is 1. The summed E-state index contributed by atoms with van der Waals surface area (Å²) in [6.45, 7) is 0. The predicted molar refractivity (Wildman–Crippen MR) is 57.2 cm³/mol. The third-order valence-electron chi connectivity index (χ3n) is 2.17. The molecule has 2 rings (SSSR count). The van der Waals surface area contributed by atoms with Gasteiger partial charge in [-0.15, -0.1) is 0 Å². The van der Waals surface area contributed by atoms with E-state index in [0.717, 1.165) is 17.3 Å². The highest BCUT2D eigenvalue weighted by Gasteiger charge is 1.98. The third-order valence-corrected chi connectivity index (χ3v) is 2.17. The van der Waals surface area contributed by atoms with Crippen molar-refractivity contribution in [2.75, 3.05) is 0 Å². The molecule has 0 spiro atoms. The Labute approximate surface area is 82.5 Å². The summed E-state index contributed by atoms with van der Waals surface area (Å²) in [5, 5.41) is 10.9. The smallest absolute Gasteiger partial charge is 0.0755 e. The molecule has 0 aliphatic carbocycles. The van der Waals surface area contributed by atoms with E-state index in [2.05, 4.69) is 11.1 Å². The Morgan fingerprint density at radius 1 is 1.21 bits per heavy atom. The van der Waals surface area contributed by atoms with Gasteiger partial charge in [-0.3, -0.25) is 4.98 Å². The van der Waals surface area contributed by atoms with Crippen molar-refractivity contribution in [3.8, 4) is 0 Å². The van der Waals surface area contributed by atoms with Crippen LogP contribution in [0.25, 0.3) is 10.8 Å². The van der Waals surface area contributed by atoms with Crippen LogP contribution in [0.15, 0.2) is 48.9 Å².